The highest BCUT2D eigenvalue weighted by Gasteiger charge is 2.24. The smallest absolute Gasteiger partial charge is 0.215 e. The van der Waals surface area contributed by atoms with Crippen molar-refractivity contribution in [3.8, 4) is 0 Å². The molecule has 2 aliphatic heterocycles. The molecule has 9 heteroatoms. The topological polar surface area (TPSA) is 74.2 Å². The minimum Gasteiger partial charge on any atom is -0.379 e. The lowest BCUT2D eigenvalue weighted by atomic mass is 10.00. The summed E-state index contributed by atoms with van der Waals surface area (Å²) in [5, 5.41) is 3.20. The van der Waals surface area contributed by atoms with Crippen LogP contribution in [0.15, 0.2) is 41.4 Å². The molecular weight excluding hydrogens is 491 g/mol. The Morgan fingerprint density at radius 3 is 2.50 bits per heavy atom. The van der Waals surface area contributed by atoms with E-state index in [4.69, 9.17) is 4.74 Å². The summed E-state index contributed by atoms with van der Waals surface area (Å²) in [5.74, 6) is 0.806. The van der Waals surface area contributed by atoms with E-state index in [9.17, 15) is 8.42 Å². The summed E-state index contributed by atoms with van der Waals surface area (Å²) in [4.78, 5) is 6.46. The van der Waals surface area contributed by atoms with E-state index in [1.165, 1.54) is 15.4 Å². The van der Waals surface area contributed by atoms with E-state index in [-0.39, 0.29) is 29.7 Å². The van der Waals surface area contributed by atoms with E-state index < -0.39 is 10.0 Å². The van der Waals surface area contributed by atoms with Gasteiger partial charge in [0.25, 0.3) is 0 Å². The van der Waals surface area contributed by atoms with Crippen molar-refractivity contribution >= 4 is 45.5 Å². The minimum absolute atomic E-state index is 0. The van der Waals surface area contributed by atoms with Crippen LogP contribution < -0.4 is 5.32 Å². The molecule has 0 bridgehead atoms. The molecular formula is C19H29IN4O3S. The van der Waals surface area contributed by atoms with Crippen molar-refractivity contribution in [2.75, 3.05) is 58.7 Å². The van der Waals surface area contributed by atoms with Gasteiger partial charge >= 0.3 is 0 Å². The van der Waals surface area contributed by atoms with Gasteiger partial charge in [-0.3, -0.25) is 4.99 Å². The lowest BCUT2D eigenvalue weighted by Crippen LogP contribution is -2.47. The molecule has 28 heavy (non-hydrogen) atoms. The van der Waals surface area contributed by atoms with Gasteiger partial charge < -0.3 is 15.0 Å². The highest BCUT2D eigenvalue weighted by molar-refractivity contribution is 14.0. The number of benzene rings is 1. The van der Waals surface area contributed by atoms with Crippen molar-refractivity contribution in [2.24, 2.45) is 4.99 Å². The first kappa shape index (κ1) is 23.1. The van der Waals surface area contributed by atoms with Crippen molar-refractivity contribution in [1.82, 2.24) is 14.5 Å². The molecule has 1 aromatic rings. The fraction of sp³-hybridized carbons (Fsp3) is 0.526. The van der Waals surface area contributed by atoms with Crippen LogP contribution >= 0.6 is 24.0 Å². The number of morpholine rings is 1. The van der Waals surface area contributed by atoms with E-state index in [1.54, 1.807) is 7.05 Å². The van der Waals surface area contributed by atoms with Gasteiger partial charge in [0.2, 0.25) is 10.0 Å². The number of nitrogens with one attached hydrogen (secondary N) is 1. The Morgan fingerprint density at radius 2 is 1.89 bits per heavy atom. The molecule has 1 fully saturated rings. The van der Waals surface area contributed by atoms with Crippen LogP contribution in [0.3, 0.4) is 0 Å². The average molecular weight is 520 g/mol. The number of guanidine groups is 1. The second-order valence-electron chi connectivity index (χ2n) is 6.59. The molecule has 0 saturated carbocycles. The van der Waals surface area contributed by atoms with E-state index >= 15 is 0 Å². The molecule has 0 atom stereocenters. The Balaban J connectivity index is 0.00000280. The van der Waals surface area contributed by atoms with Gasteiger partial charge in [-0.2, -0.15) is 4.31 Å². The summed E-state index contributed by atoms with van der Waals surface area (Å²) in [6.07, 6.45) is 3.16. The molecule has 1 aromatic carbocycles. The molecule has 2 aliphatic rings. The molecule has 0 amide bonds. The summed E-state index contributed by atoms with van der Waals surface area (Å²) in [7, 11) is -1.53. The number of sulfonamides is 1. The third kappa shape index (κ3) is 6.16. The monoisotopic (exact) mass is 520 g/mol. The molecule has 0 unspecified atom stereocenters. The minimum atomic E-state index is -3.26. The fourth-order valence-electron chi connectivity index (χ4n) is 3.35. The van der Waals surface area contributed by atoms with E-state index in [0.29, 0.717) is 32.8 Å². The maximum absolute atomic E-state index is 12.4. The second-order valence-corrected chi connectivity index (χ2v) is 8.68. The summed E-state index contributed by atoms with van der Waals surface area (Å²) in [6, 6.07) is 10.4. The van der Waals surface area contributed by atoms with Crippen LogP contribution in [0.25, 0.3) is 5.57 Å². The number of rotatable bonds is 5. The standard InChI is InChI=1S/C19H28N4O3S.HI/c1-20-19(21-9-16-27(24,25)23-12-14-26-15-13-23)22-10-7-18(8-11-22)17-5-3-2-4-6-17;/h2-7H,8-16H2,1H3,(H,20,21);1H. The van der Waals surface area contributed by atoms with Crippen LogP contribution in [0.5, 0.6) is 0 Å². The van der Waals surface area contributed by atoms with E-state index in [2.05, 4.69) is 45.6 Å². The van der Waals surface area contributed by atoms with Crippen LogP contribution in [-0.2, 0) is 14.8 Å². The van der Waals surface area contributed by atoms with Crippen LogP contribution in [-0.4, -0.2) is 82.3 Å². The largest absolute Gasteiger partial charge is 0.379 e. The van der Waals surface area contributed by atoms with E-state index in [0.717, 1.165) is 25.5 Å². The summed E-state index contributed by atoms with van der Waals surface area (Å²) >= 11 is 0. The zero-order valence-corrected chi connectivity index (χ0v) is 19.4. The number of ether oxygens (including phenoxy) is 1. The third-order valence-electron chi connectivity index (χ3n) is 4.87. The van der Waals surface area contributed by atoms with E-state index in [1.807, 2.05) is 6.07 Å². The molecule has 7 nitrogen and oxygen atoms in total. The predicted octanol–water partition coefficient (Wildman–Crippen LogP) is 1.63. The molecule has 0 spiro atoms. The summed E-state index contributed by atoms with van der Waals surface area (Å²) in [5.41, 5.74) is 2.61. The Labute approximate surface area is 184 Å². The molecule has 1 saturated heterocycles. The van der Waals surface area contributed by atoms with Gasteiger partial charge in [0.1, 0.15) is 0 Å². The number of aliphatic imine (C=N–C) groups is 1. The zero-order chi connectivity index (χ0) is 19.1. The van der Waals surface area contributed by atoms with Gasteiger partial charge in [-0.05, 0) is 17.6 Å². The normalized spacial score (nSPS) is 19.0. The van der Waals surface area contributed by atoms with Gasteiger partial charge in [0.05, 0.1) is 19.0 Å². The third-order valence-corrected chi connectivity index (χ3v) is 6.74. The highest BCUT2D eigenvalue weighted by Crippen LogP contribution is 2.21. The Kier molecular flexibility index (Phi) is 9.19. The van der Waals surface area contributed by atoms with Crippen molar-refractivity contribution in [1.29, 1.82) is 0 Å². The maximum Gasteiger partial charge on any atom is 0.215 e. The van der Waals surface area contributed by atoms with Gasteiger partial charge in [-0.15, -0.1) is 24.0 Å². The predicted molar refractivity (Wildman–Crippen MR) is 124 cm³/mol. The highest BCUT2D eigenvalue weighted by atomic mass is 127. The summed E-state index contributed by atoms with van der Waals surface area (Å²) in [6.45, 7) is 3.79. The Hall–Kier alpha value is -1.17. The zero-order valence-electron chi connectivity index (χ0n) is 16.2. The first-order chi connectivity index (χ1) is 13.1. The molecule has 0 aliphatic carbocycles. The van der Waals surface area contributed by atoms with Crippen molar-refractivity contribution < 1.29 is 13.2 Å². The van der Waals surface area contributed by atoms with Crippen LogP contribution in [0.4, 0.5) is 0 Å². The number of nitrogens with zero attached hydrogens (tertiary/aromatic N) is 3. The quantitative estimate of drug-likeness (QED) is 0.363. The molecule has 1 N–H and O–H groups in total. The molecule has 0 aromatic heterocycles. The molecule has 3 rings (SSSR count). The van der Waals surface area contributed by atoms with Gasteiger partial charge in [-0.25, -0.2) is 8.42 Å². The number of hydrogen-bond acceptors (Lipinski definition) is 4. The number of halogens is 1. The van der Waals surface area contributed by atoms with Crippen LogP contribution in [0.1, 0.15) is 12.0 Å². The first-order valence-electron chi connectivity index (χ1n) is 9.36. The van der Waals surface area contributed by atoms with Crippen molar-refractivity contribution in [3.05, 3.63) is 42.0 Å². The summed E-state index contributed by atoms with van der Waals surface area (Å²) < 4.78 is 31.5. The van der Waals surface area contributed by atoms with Gasteiger partial charge in [0.15, 0.2) is 5.96 Å². The average Bonchev–Trinajstić information content (AvgIpc) is 2.73. The first-order valence-corrected chi connectivity index (χ1v) is 11.0. The van der Waals surface area contributed by atoms with Crippen LogP contribution in [0, 0.1) is 0 Å². The lowest BCUT2D eigenvalue weighted by molar-refractivity contribution is 0.0730. The van der Waals surface area contributed by atoms with Gasteiger partial charge in [-0.1, -0.05) is 36.4 Å². The van der Waals surface area contributed by atoms with Crippen molar-refractivity contribution in [3.63, 3.8) is 0 Å². The molecule has 0 radical (unpaired) electrons. The SMILES string of the molecule is CN=C(NCCS(=O)(=O)N1CCOCC1)N1CC=C(c2ccccc2)CC1.I. The molecule has 156 valence electrons. The molecule has 2 heterocycles. The maximum atomic E-state index is 12.4. The van der Waals surface area contributed by atoms with Gasteiger partial charge in [0, 0.05) is 39.8 Å². The van der Waals surface area contributed by atoms with Crippen molar-refractivity contribution in [2.45, 2.75) is 6.42 Å². The lowest BCUT2D eigenvalue weighted by Gasteiger charge is -2.30. The Morgan fingerprint density at radius 1 is 1.18 bits per heavy atom. The fourth-order valence-corrected chi connectivity index (χ4v) is 4.68. The Bertz CT molecular complexity index is 778. The second kappa shape index (κ2) is 11.1. The number of hydrogen-bond donors (Lipinski definition) is 1. The van der Waals surface area contributed by atoms with Crippen LogP contribution in [0.2, 0.25) is 0 Å².